The summed E-state index contributed by atoms with van der Waals surface area (Å²) in [6.45, 7) is 4.06. The number of rotatable bonds is 5. The Morgan fingerprint density at radius 3 is 3.04 bits per heavy atom. The molecule has 6 nitrogen and oxygen atoms in total. The Morgan fingerprint density at radius 2 is 2.21 bits per heavy atom. The molecule has 2 saturated heterocycles. The van der Waals surface area contributed by atoms with Crippen molar-refractivity contribution < 1.29 is 9.15 Å². The van der Waals surface area contributed by atoms with E-state index in [4.69, 9.17) is 9.15 Å². The highest BCUT2D eigenvalue weighted by Gasteiger charge is 2.41. The number of piperidine rings is 1. The fourth-order valence-electron chi connectivity index (χ4n) is 4.05. The van der Waals surface area contributed by atoms with E-state index >= 15 is 0 Å². The van der Waals surface area contributed by atoms with Crippen LogP contribution in [0.5, 0.6) is 0 Å². The van der Waals surface area contributed by atoms with Gasteiger partial charge in [0, 0.05) is 30.0 Å². The Hall–Kier alpha value is -1.31. The van der Waals surface area contributed by atoms with Gasteiger partial charge in [0.1, 0.15) is 5.01 Å². The van der Waals surface area contributed by atoms with Crippen molar-refractivity contribution in [1.29, 1.82) is 0 Å². The standard InChI is InChI=1S/C17H22N4O2S/c1-2-11(1)17-20-19-15(23-17)7-14-13-3-5-21(8-12(13)10-22-14)9-16-18-4-6-24-16/h4,6,11-14H,1-3,5,7-10H2/t12-,13-,14-/m0/s1. The van der Waals surface area contributed by atoms with Crippen LogP contribution < -0.4 is 0 Å². The lowest BCUT2D eigenvalue weighted by Gasteiger charge is -2.34. The van der Waals surface area contributed by atoms with Crippen molar-refractivity contribution in [2.45, 2.75) is 44.2 Å². The predicted octanol–water partition coefficient (Wildman–Crippen LogP) is 2.48. The topological polar surface area (TPSA) is 64.3 Å². The van der Waals surface area contributed by atoms with Crippen LogP contribution in [0.2, 0.25) is 0 Å². The van der Waals surface area contributed by atoms with Gasteiger partial charge < -0.3 is 9.15 Å². The zero-order chi connectivity index (χ0) is 15.9. The van der Waals surface area contributed by atoms with Crippen molar-refractivity contribution in [1.82, 2.24) is 20.1 Å². The maximum absolute atomic E-state index is 6.11. The third-order valence-corrected chi connectivity index (χ3v) is 6.27. The Balaban J connectivity index is 1.19. The van der Waals surface area contributed by atoms with E-state index in [1.807, 2.05) is 6.20 Å². The van der Waals surface area contributed by atoms with Crippen molar-refractivity contribution >= 4 is 11.3 Å². The van der Waals surface area contributed by atoms with Crippen molar-refractivity contribution in [3.8, 4) is 0 Å². The molecule has 2 aliphatic heterocycles. The van der Waals surface area contributed by atoms with Crippen LogP contribution in [-0.2, 0) is 17.7 Å². The second-order valence-corrected chi connectivity index (χ2v) is 8.24. The molecule has 1 aliphatic carbocycles. The third-order valence-electron chi connectivity index (χ3n) is 5.51. The number of fused-ring (bicyclic) bond motifs is 1. The average molecular weight is 346 g/mol. The minimum Gasteiger partial charge on any atom is -0.425 e. The van der Waals surface area contributed by atoms with E-state index in [0.717, 1.165) is 44.4 Å². The average Bonchev–Trinajstić information content (AvgIpc) is 2.99. The number of aromatic nitrogens is 3. The van der Waals surface area contributed by atoms with E-state index in [2.05, 4.69) is 25.5 Å². The fourth-order valence-corrected chi connectivity index (χ4v) is 4.71. The molecule has 0 radical (unpaired) electrons. The Morgan fingerprint density at radius 1 is 1.25 bits per heavy atom. The zero-order valence-corrected chi connectivity index (χ0v) is 14.5. The lowest BCUT2D eigenvalue weighted by molar-refractivity contribution is 0.0793. The van der Waals surface area contributed by atoms with Gasteiger partial charge in [0.15, 0.2) is 0 Å². The maximum atomic E-state index is 6.11. The van der Waals surface area contributed by atoms with Crippen molar-refractivity contribution in [2.24, 2.45) is 11.8 Å². The molecule has 5 rings (SSSR count). The minimum absolute atomic E-state index is 0.240. The number of ether oxygens (including phenoxy) is 1. The van der Waals surface area contributed by atoms with Gasteiger partial charge in [0.25, 0.3) is 0 Å². The number of thiazole rings is 1. The first-order chi connectivity index (χ1) is 11.8. The highest BCUT2D eigenvalue weighted by Crippen LogP contribution is 2.40. The highest BCUT2D eigenvalue weighted by molar-refractivity contribution is 7.09. The van der Waals surface area contributed by atoms with Crippen LogP contribution >= 0.6 is 11.3 Å². The molecule has 3 aliphatic rings. The van der Waals surface area contributed by atoms with Gasteiger partial charge >= 0.3 is 0 Å². The molecule has 3 fully saturated rings. The molecule has 7 heteroatoms. The first-order valence-corrected chi connectivity index (χ1v) is 9.78. The molecule has 0 unspecified atom stereocenters. The van der Waals surface area contributed by atoms with E-state index in [9.17, 15) is 0 Å². The summed E-state index contributed by atoms with van der Waals surface area (Å²) in [5.41, 5.74) is 0. The summed E-state index contributed by atoms with van der Waals surface area (Å²) in [5.74, 6) is 3.35. The molecular formula is C17H22N4O2S. The fraction of sp³-hybridized carbons (Fsp3) is 0.706. The molecule has 128 valence electrons. The van der Waals surface area contributed by atoms with Crippen LogP contribution in [0.4, 0.5) is 0 Å². The van der Waals surface area contributed by atoms with Crippen molar-refractivity contribution in [3.63, 3.8) is 0 Å². The minimum atomic E-state index is 0.240. The van der Waals surface area contributed by atoms with E-state index in [0.29, 0.717) is 17.8 Å². The van der Waals surface area contributed by atoms with Crippen LogP contribution in [0.15, 0.2) is 16.0 Å². The van der Waals surface area contributed by atoms with Gasteiger partial charge in [0.2, 0.25) is 11.8 Å². The molecule has 0 bridgehead atoms. The number of likely N-dealkylation sites (tertiary alicyclic amines) is 1. The zero-order valence-electron chi connectivity index (χ0n) is 13.6. The van der Waals surface area contributed by atoms with Crippen molar-refractivity contribution in [3.05, 3.63) is 28.4 Å². The second kappa shape index (κ2) is 6.20. The van der Waals surface area contributed by atoms with Crippen LogP contribution in [0, 0.1) is 11.8 Å². The third kappa shape index (κ3) is 3.00. The van der Waals surface area contributed by atoms with Gasteiger partial charge in [-0.05, 0) is 31.7 Å². The van der Waals surface area contributed by atoms with Crippen LogP contribution in [-0.4, -0.2) is 45.9 Å². The molecule has 0 N–H and O–H groups in total. The van der Waals surface area contributed by atoms with Crippen LogP contribution in [0.25, 0.3) is 0 Å². The lowest BCUT2D eigenvalue weighted by atomic mass is 9.83. The van der Waals surface area contributed by atoms with Gasteiger partial charge in [0.05, 0.1) is 25.7 Å². The lowest BCUT2D eigenvalue weighted by Crippen LogP contribution is -2.41. The van der Waals surface area contributed by atoms with Gasteiger partial charge in [-0.25, -0.2) is 4.98 Å². The molecule has 2 aromatic heterocycles. The molecule has 2 aromatic rings. The smallest absolute Gasteiger partial charge is 0.219 e. The largest absolute Gasteiger partial charge is 0.425 e. The SMILES string of the molecule is c1csc(CN2CC[C@H]3[C@H](CO[C@H]3Cc3nnc(C4CC4)o3)C2)n1. The summed E-state index contributed by atoms with van der Waals surface area (Å²) in [5, 5.41) is 11.7. The first kappa shape index (κ1) is 15.0. The highest BCUT2D eigenvalue weighted by atomic mass is 32.1. The summed E-state index contributed by atoms with van der Waals surface area (Å²) in [4.78, 5) is 6.92. The molecule has 1 saturated carbocycles. The van der Waals surface area contributed by atoms with E-state index in [1.165, 1.54) is 24.3 Å². The van der Waals surface area contributed by atoms with Gasteiger partial charge in [-0.2, -0.15) is 0 Å². The molecule has 24 heavy (non-hydrogen) atoms. The summed E-state index contributed by atoms with van der Waals surface area (Å²) < 4.78 is 11.9. The quantitative estimate of drug-likeness (QED) is 0.829. The molecular weight excluding hydrogens is 324 g/mol. The summed E-state index contributed by atoms with van der Waals surface area (Å²) in [7, 11) is 0. The van der Waals surface area contributed by atoms with Gasteiger partial charge in [-0.3, -0.25) is 4.90 Å². The Bertz CT molecular complexity index is 685. The molecule has 0 aromatic carbocycles. The maximum Gasteiger partial charge on any atom is 0.219 e. The first-order valence-electron chi connectivity index (χ1n) is 8.90. The number of nitrogens with zero attached hydrogens (tertiary/aromatic N) is 4. The molecule has 0 amide bonds. The summed E-state index contributed by atoms with van der Waals surface area (Å²) >= 11 is 1.74. The number of hydrogen-bond acceptors (Lipinski definition) is 7. The molecule has 3 atom stereocenters. The van der Waals surface area contributed by atoms with Crippen LogP contribution in [0.1, 0.15) is 42.0 Å². The molecule has 4 heterocycles. The van der Waals surface area contributed by atoms with Gasteiger partial charge in [-0.1, -0.05) is 0 Å². The normalized spacial score (nSPS) is 30.6. The Labute approximate surface area is 145 Å². The van der Waals surface area contributed by atoms with E-state index in [-0.39, 0.29) is 6.10 Å². The van der Waals surface area contributed by atoms with Crippen LogP contribution in [0.3, 0.4) is 0 Å². The number of hydrogen-bond donors (Lipinski definition) is 0. The monoisotopic (exact) mass is 346 g/mol. The Kier molecular flexibility index (Phi) is 3.87. The van der Waals surface area contributed by atoms with E-state index in [1.54, 1.807) is 11.3 Å². The predicted molar refractivity (Wildman–Crippen MR) is 88.7 cm³/mol. The van der Waals surface area contributed by atoms with Crippen molar-refractivity contribution in [2.75, 3.05) is 19.7 Å². The molecule has 0 spiro atoms. The summed E-state index contributed by atoms with van der Waals surface area (Å²) in [6.07, 6.45) is 6.48. The second-order valence-electron chi connectivity index (χ2n) is 7.26. The summed E-state index contributed by atoms with van der Waals surface area (Å²) in [6, 6.07) is 0. The van der Waals surface area contributed by atoms with Gasteiger partial charge in [-0.15, -0.1) is 21.5 Å². The van der Waals surface area contributed by atoms with E-state index < -0.39 is 0 Å².